The van der Waals surface area contributed by atoms with Crippen molar-refractivity contribution in [1.82, 2.24) is 20.5 Å². The van der Waals surface area contributed by atoms with Crippen LogP contribution in [-0.2, 0) is 30.4 Å². The van der Waals surface area contributed by atoms with Gasteiger partial charge >= 0.3 is 11.9 Å². The first-order valence-corrected chi connectivity index (χ1v) is 12.7. The molecule has 0 saturated carbocycles. The fourth-order valence-corrected chi connectivity index (χ4v) is 4.64. The molecule has 0 bridgehead atoms. The molecule has 3 rings (SSSR count). The highest BCUT2D eigenvalue weighted by Gasteiger charge is 2.39. The molecule has 1 aromatic carbocycles. The molecule has 2 aromatic rings. The maximum absolute atomic E-state index is 13.4. The first kappa shape index (κ1) is 28.6. The summed E-state index contributed by atoms with van der Waals surface area (Å²) < 4.78 is 0. The normalized spacial score (nSPS) is 18.4. The van der Waals surface area contributed by atoms with Crippen molar-refractivity contribution >= 4 is 40.6 Å². The number of amides is 3. The Hall–Kier alpha value is -3.93. The van der Waals surface area contributed by atoms with Crippen LogP contribution in [-0.4, -0.2) is 80.5 Å². The number of para-hydroxylation sites is 1. The minimum atomic E-state index is -1.68. The second-order valence-electron chi connectivity index (χ2n) is 9.72. The molecule has 1 fully saturated rings. The maximum Gasteiger partial charge on any atom is 0.326 e. The zero-order valence-electron chi connectivity index (χ0n) is 21.5. The van der Waals surface area contributed by atoms with Gasteiger partial charge in [-0.05, 0) is 30.4 Å². The number of carboxylic acid groups (broad SMARTS) is 2. The van der Waals surface area contributed by atoms with E-state index in [1.54, 1.807) is 6.20 Å². The number of aliphatic carboxylic acids is 2. The lowest BCUT2D eigenvalue weighted by molar-refractivity contribution is -0.147. The van der Waals surface area contributed by atoms with E-state index >= 15 is 0 Å². The average Bonchev–Trinajstić information content (AvgIpc) is 3.54. The molecule has 7 N–H and O–H groups in total. The molecule has 3 amide bonds. The van der Waals surface area contributed by atoms with Gasteiger partial charge in [-0.15, -0.1) is 0 Å². The monoisotopic (exact) mass is 529 g/mol. The van der Waals surface area contributed by atoms with Gasteiger partial charge in [0.15, 0.2) is 0 Å². The Balaban J connectivity index is 1.84. The van der Waals surface area contributed by atoms with E-state index in [1.807, 2.05) is 38.1 Å². The van der Waals surface area contributed by atoms with Gasteiger partial charge < -0.3 is 36.5 Å². The molecule has 2 heterocycles. The molecule has 12 nitrogen and oxygen atoms in total. The van der Waals surface area contributed by atoms with Crippen molar-refractivity contribution < 1.29 is 34.2 Å². The number of nitrogens with two attached hydrogens (primary N) is 1. The molecule has 1 saturated heterocycles. The smallest absolute Gasteiger partial charge is 0.326 e. The van der Waals surface area contributed by atoms with E-state index < -0.39 is 54.3 Å². The number of rotatable bonds is 12. The standard InChI is InChI=1S/C26H35N5O7/c1-3-14(2)22(27)25(36)31-10-6-9-20(31)24(35)29-18(23(34)30-19(26(37)38)12-21(32)33)11-15-13-28-17-8-5-4-7-16(15)17/h4-5,7-8,13-14,18-20,22,28H,3,6,9-12,27H2,1-2H3,(H,29,35)(H,30,34)(H,32,33)(H,37,38). The van der Waals surface area contributed by atoms with Crippen LogP contribution in [0.3, 0.4) is 0 Å². The molecule has 5 atom stereocenters. The molecule has 1 aromatic heterocycles. The lowest BCUT2D eigenvalue weighted by Gasteiger charge is -2.30. The lowest BCUT2D eigenvalue weighted by Crippen LogP contribution is -2.57. The number of benzene rings is 1. The second kappa shape index (κ2) is 12.5. The summed E-state index contributed by atoms with van der Waals surface area (Å²) in [6, 6.07) is 2.87. The largest absolute Gasteiger partial charge is 0.481 e. The molecule has 1 aliphatic rings. The van der Waals surface area contributed by atoms with Crippen molar-refractivity contribution in [2.75, 3.05) is 6.54 Å². The fourth-order valence-electron chi connectivity index (χ4n) is 4.64. The van der Waals surface area contributed by atoms with E-state index in [-0.39, 0.29) is 18.2 Å². The zero-order chi connectivity index (χ0) is 28.0. The predicted octanol–water partition coefficient (Wildman–Crippen LogP) is 0.604. The van der Waals surface area contributed by atoms with E-state index in [1.165, 1.54) is 4.90 Å². The summed E-state index contributed by atoms with van der Waals surface area (Å²) in [7, 11) is 0. The van der Waals surface area contributed by atoms with Gasteiger partial charge in [-0.1, -0.05) is 38.5 Å². The predicted molar refractivity (Wildman–Crippen MR) is 138 cm³/mol. The highest BCUT2D eigenvalue weighted by Crippen LogP contribution is 2.22. The van der Waals surface area contributed by atoms with E-state index in [2.05, 4.69) is 15.6 Å². The summed E-state index contributed by atoms with van der Waals surface area (Å²) in [6.07, 6.45) is 2.56. The van der Waals surface area contributed by atoms with Crippen molar-refractivity contribution in [2.24, 2.45) is 11.7 Å². The summed E-state index contributed by atoms with van der Waals surface area (Å²) in [5, 5.41) is 24.2. The number of H-pyrrole nitrogens is 1. The zero-order valence-corrected chi connectivity index (χ0v) is 21.5. The van der Waals surface area contributed by atoms with Crippen LogP contribution >= 0.6 is 0 Å². The molecular formula is C26H35N5O7. The molecule has 5 unspecified atom stereocenters. The third-order valence-electron chi connectivity index (χ3n) is 7.11. The number of aromatic nitrogens is 1. The molecule has 38 heavy (non-hydrogen) atoms. The van der Waals surface area contributed by atoms with Crippen molar-refractivity contribution in [3.05, 3.63) is 36.0 Å². The van der Waals surface area contributed by atoms with E-state index in [9.17, 15) is 29.1 Å². The van der Waals surface area contributed by atoms with Crippen molar-refractivity contribution in [2.45, 2.75) is 70.1 Å². The van der Waals surface area contributed by atoms with Gasteiger partial charge in [0.2, 0.25) is 17.7 Å². The third-order valence-corrected chi connectivity index (χ3v) is 7.11. The van der Waals surface area contributed by atoms with Crippen molar-refractivity contribution in [3.63, 3.8) is 0 Å². The number of fused-ring (bicyclic) bond motifs is 1. The van der Waals surface area contributed by atoms with Gasteiger partial charge in [-0.2, -0.15) is 0 Å². The maximum atomic E-state index is 13.4. The van der Waals surface area contributed by atoms with Gasteiger partial charge in [-0.3, -0.25) is 19.2 Å². The van der Waals surface area contributed by atoms with E-state index in [4.69, 9.17) is 10.8 Å². The molecule has 206 valence electrons. The van der Waals surface area contributed by atoms with E-state index in [0.29, 0.717) is 31.4 Å². The van der Waals surface area contributed by atoms with Crippen molar-refractivity contribution in [3.8, 4) is 0 Å². The van der Waals surface area contributed by atoms with Crippen LogP contribution < -0.4 is 16.4 Å². The van der Waals surface area contributed by atoms with Gasteiger partial charge in [0.25, 0.3) is 0 Å². The van der Waals surface area contributed by atoms with Gasteiger partial charge in [0, 0.05) is 30.1 Å². The number of carbonyl (C=O) groups excluding carboxylic acids is 3. The highest BCUT2D eigenvalue weighted by molar-refractivity contribution is 5.95. The Bertz CT molecular complexity index is 1200. The van der Waals surface area contributed by atoms with Crippen LogP contribution in [0.15, 0.2) is 30.5 Å². The lowest BCUT2D eigenvalue weighted by atomic mass is 9.98. The Morgan fingerprint density at radius 3 is 2.50 bits per heavy atom. The number of nitrogens with one attached hydrogen (secondary N) is 3. The number of likely N-dealkylation sites (tertiary alicyclic amines) is 1. The topological polar surface area (TPSA) is 195 Å². The number of hydrogen-bond donors (Lipinski definition) is 6. The molecular weight excluding hydrogens is 494 g/mol. The molecule has 1 aliphatic heterocycles. The van der Waals surface area contributed by atoms with Crippen LogP contribution in [0.2, 0.25) is 0 Å². The molecule has 0 aliphatic carbocycles. The van der Waals surface area contributed by atoms with E-state index in [0.717, 1.165) is 10.9 Å². The Morgan fingerprint density at radius 1 is 1.13 bits per heavy atom. The summed E-state index contributed by atoms with van der Waals surface area (Å²) in [5.41, 5.74) is 7.65. The first-order valence-electron chi connectivity index (χ1n) is 12.7. The van der Waals surface area contributed by atoms with Gasteiger partial charge in [-0.25, -0.2) is 4.79 Å². The number of aromatic amines is 1. The summed E-state index contributed by atoms with van der Waals surface area (Å²) in [5.74, 6) is -4.71. The minimum absolute atomic E-state index is 0.00798. The average molecular weight is 530 g/mol. The minimum Gasteiger partial charge on any atom is -0.481 e. The van der Waals surface area contributed by atoms with Gasteiger partial charge in [0.1, 0.15) is 18.1 Å². The van der Waals surface area contributed by atoms with Crippen LogP contribution in [0.1, 0.15) is 45.1 Å². The van der Waals surface area contributed by atoms with Crippen LogP contribution in [0.4, 0.5) is 0 Å². The van der Waals surface area contributed by atoms with Crippen LogP contribution in [0.5, 0.6) is 0 Å². The number of carbonyl (C=O) groups is 5. The fraction of sp³-hybridized carbons (Fsp3) is 0.500. The molecule has 0 spiro atoms. The number of hydrogen-bond acceptors (Lipinski definition) is 6. The Kier molecular flexibility index (Phi) is 9.45. The second-order valence-corrected chi connectivity index (χ2v) is 9.72. The SMILES string of the molecule is CCC(C)C(N)C(=O)N1CCCC1C(=O)NC(Cc1c[nH]c2ccccc12)C(=O)NC(CC(=O)O)C(=O)O. The van der Waals surface area contributed by atoms with Crippen LogP contribution in [0.25, 0.3) is 10.9 Å². The van der Waals surface area contributed by atoms with Crippen LogP contribution in [0, 0.1) is 5.92 Å². The molecule has 12 heteroatoms. The summed E-state index contributed by atoms with van der Waals surface area (Å²) in [6.45, 7) is 4.15. The Labute approximate surface area is 219 Å². The number of carboxylic acids is 2. The van der Waals surface area contributed by atoms with Gasteiger partial charge in [0.05, 0.1) is 12.5 Å². The number of nitrogens with zero attached hydrogens (tertiary/aromatic N) is 1. The van der Waals surface area contributed by atoms with Crippen molar-refractivity contribution in [1.29, 1.82) is 0 Å². The Morgan fingerprint density at radius 2 is 1.84 bits per heavy atom. The summed E-state index contributed by atoms with van der Waals surface area (Å²) in [4.78, 5) is 66.8. The molecule has 0 radical (unpaired) electrons. The highest BCUT2D eigenvalue weighted by atomic mass is 16.4. The summed E-state index contributed by atoms with van der Waals surface area (Å²) >= 11 is 0. The first-order chi connectivity index (χ1) is 18.0. The quantitative estimate of drug-likeness (QED) is 0.230. The third kappa shape index (κ3) is 6.68.